The van der Waals surface area contributed by atoms with E-state index in [1.54, 1.807) is 6.20 Å². The van der Waals surface area contributed by atoms with Gasteiger partial charge in [0.25, 0.3) is 5.91 Å². The van der Waals surface area contributed by atoms with Crippen LogP contribution in [-0.4, -0.2) is 53.4 Å². The molecule has 28 heavy (non-hydrogen) atoms. The lowest BCUT2D eigenvalue weighted by atomic mass is 10.0. The first kappa shape index (κ1) is 18.6. The number of rotatable bonds is 5. The van der Waals surface area contributed by atoms with E-state index in [0.717, 1.165) is 49.7 Å². The predicted octanol–water partition coefficient (Wildman–Crippen LogP) is 4.01. The third-order valence-corrected chi connectivity index (χ3v) is 5.78. The minimum Gasteiger partial charge on any atom is -0.336 e. The van der Waals surface area contributed by atoms with E-state index < -0.39 is 0 Å². The fourth-order valence-corrected chi connectivity index (χ4v) is 4.07. The molecular weight excluding hydrogens is 346 g/mol. The van der Waals surface area contributed by atoms with Crippen LogP contribution >= 0.6 is 0 Å². The van der Waals surface area contributed by atoms with E-state index in [4.69, 9.17) is 0 Å². The van der Waals surface area contributed by atoms with Gasteiger partial charge in [-0.2, -0.15) is 0 Å². The van der Waals surface area contributed by atoms with Gasteiger partial charge in [-0.15, -0.1) is 0 Å². The van der Waals surface area contributed by atoms with Crippen molar-refractivity contribution in [3.8, 4) is 0 Å². The maximum Gasteiger partial charge on any atom is 0.273 e. The van der Waals surface area contributed by atoms with Crippen LogP contribution in [0, 0.1) is 0 Å². The highest BCUT2D eigenvalue weighted by Gasteiger charge is 2.28. The normalized spacial score (nSPS) is 17.2. The number of fused-ring (bicyclic) bond motifs is 1. The van der Waals surface area contributed by atoms with Gasteiger partial charge in [0.05, 0.1) is 0 Å². The Kier molecular flexibility index (Phi) is 5.68. The van der Waals surface area contributed by atoms with Crippen molar-refractivity contribution in [1.29, 1.82) is 0 Å². The summed E-state index contributed by atoms with van der Waals surface area (Å²) in [5.41, 5.74) is 1.93. The number of likely N-dealkylation sites (N-methyl/N-ethyl adjacent to an activating group) is 1. The molecule has 2 heterocycles. The van der Waals surface area contributed by atoms with Crippen molar-refractivity contribution in [2.75, 3.05) is 26.7 Å². The molecule has 2 aromatic carbocycles. The molecule has 1 aliphatic rings. The van der Waals surface area contributed by atoms with E-state index in [-0.39, 0.29) is 5.91 Å². The summed E-state index contributed by atoms with van der Waals surface area (Å²) >= 11 is 0. The zero-order chi connectivity index (χ0) is 19.3. The van der Waals surface area contributed by atoms with Gasteiger partial charge in [-0.1, -0.05) is 54.6 Å². The molecule has 4 nitrogen and oxygen atoms in total. The van der Waals surface area contributed by atoms with Crippen molar-refractivity contribution in [2.45, 2.75) is 25.3 Å². The largest absolute Gasteiger partial charge is 0.336 e. The van der Waals surface area contributed by atoms with Gasteiger partial charge in [0, 0.05) is 37.3 Å². The number of nitrogens with zero attached hydrogens (tertiary/aromatic N) is 3. The maximum absolute atomic E-state index is 13.2. The molecule has 1 amide bonds. The number of amides is 1. The molecular formula is C24H27N3O. The molecule has 1 saturated heterocycles. The van der Waals surface area contributed by atoms with Crippen molar-refractivity contribution in [3.63, 3.8) is 0 Å². The van der Waals surface area contributed by atoms with E-state index in [1.165, 1.54) is 5.56 Å². The fraction of sp³-hybridized carbons (Fsp3) is 0.333. The SMILES string of the molecule is CN(CCc1ccccc1)C1CCCN(C(=O)c2nccc3ccccc23)C1. The summed E-state index contributed by atoms with van der Waals surface area (Å²) in [6.45, 7) is 2.59. The first-order valence-electron chi connectivity index (χ1n) is 10.1. The second-order valence-corrected chi connectivity index (χ2v) is 7.64. The van der Waals surface area contributed by atoms with Crippen LogP contribution in [0.3, 0.4) is 0 Å². The van der Waals surface area contributed by atoms with E-state index >= 15 is 0 Å². The van der Waals surface area contributed by atoms with Crippen LogP contribution < -0.4 is 0 Å². The average Bonchev–Trinajstić information content (AvgIpc) is 2.77. The number of piperidine rings is 1. The zero-order valence-corrected chi connectivity index (χ0v) is 16.4. The van der Waals surface area contributed by atoms with Gasteiger partial charge in [0.15, 0.2) is 0 Å². The second kappa shape index (κ2) is 8.53. The lowest BCUT2D eigenvalue weighted by Crippen LogP contribution is -2.49. The molecule has 3 aromatic rings. The van der Waals surface area contributed by atoms with Crippen LogP contribution in [-0.2, 0) is 6.42 Å². The third-order valence-electron chi connectivity index (χ3n) is 5.78. The molecule has 1 fully saturated rings. The van der Waals surface area contributed by atoms with Gasteiger partial charge in [0.2, 0.25) is 0 Å². The third kappa shape index (κ3) is 4.07. The Balaban J connectivity index is 1.43. The monoisotopic (exact) mass is 373 g/mol. The number of benzene rings is 2. The minimum atomic E-state index is 0.0537. The molecule has 0 saturated carbocycles. The first-order chi connectivity index (χ1) is 13.7. The van der Waals surface area contributed by atoms with E-state index in [2.05, 4.69) is 47.3 Å². The van der Waals surface area contributed by atoms with Gasteiger partial charge < -0.3 is 9.80 Å². The summed E-state index contributed by atoms with van der Waals surface area (Å²) in [6.07, 6.45) is 4.95. The molecule has 4 heteroatoms. The van der Waals surface area contributed by atoms with Crippen LogP contribution in [0.5, 0.6) is 0 Å². The summed E-state index contributed by atoms with van der Waals surface area (Å²) in [5.74, 6) is 0.0537. The fourth-order valence-electron chi connectivity index (χ4n) is 4.07. The molecule has 0 spiro atoms. The minimum absolute atomic E-state index is 0.0537. The zero-order valence-electron chi connectivity index (χ0n) is 16.4. The number of carbonyl (C=O) groups excluding carboxylic acids is 1. The summed E-state index contributed by atoms with van der Waals surface area (Å²) in [5, 5.41) is 2.00. The van der Waals surface area contributed by atoms with Crippen LogP contribution in [0.25, 0.3) is 10.8 Å². The van der Waals surface area contributed by atoms with Gasteiger partial charge in [-0.25, -0.2) is 0 Å². The number of hydrogen-bond donors (Lipinski definition) is 0. The summed E-state index contributed by atoms with van der Waals surface area (Å²) in [6, 6.07) is 20.9. The second-order valence-electron chi connectivity index (χ2n) is 7.64. The Labute approximate surface area is 166 Å². The Morgan fingerprint density at radius 3 is 2.75 bits per heavy atom. The smallest absolute Gasteiger partial charge is 0.273 e. The molecule has 0 N–H and O–H groups in total. The molecule has 0 bridgehead atoms. The quantitative estimate of drug-likeness (QED) is 0.678. The Hall–Kier alpha value is -2.72. The number of pyridine rings is 1. The average molecular weight is 374 g/mol. The van der Waals surface area contributed by atoms with Gasteiger partial charge >= 0.3 is 0 Å². The summed E-state index contributed by atoms with van der Waals surface area (Å²) < 4.78 is 0. The molecule has 1 aromatic heterocycles. The number of aromatic nitrogens is 1. The van der Waals surface area contributed by atoms with Crippen LogP contribution in [0.2, 0.25) is 0 Å². The van der Waals surface area contributed by atoms with E-state index in [0.29, 0.717) is 11.7 Å². The number of likely N-dealkylation sites (tertiary alicyclic amines) is 1. The van der Waals surface area contributed by atoms with Crippen LogP contribution in [0.15, 0.2) is 66.9 Å². The molecule has 4 rings (SSSR count). The highest BCUT2D eigenvalue weighted by Crippen LogP contribution is 2.21. The lowest BCUT2D eigenvalue weighted by Gasteiger charge is -2.37. The molecule has 1 atom stereocenters. The van der Waals surface area contributed by atoms with E-state index in [1.807, 2.05) is 35.2 Å². The molecule has 1 aliphatic heterocycles. The lowest BCUT2D eigenvalue weighted by molar-refractivity contribution is 0.0608. The highest BCUT2D eigenvalue weighted by molar-refractivity contribution is 6.05. The topological polar surface area (TPSA) is 36.4 Å². The van der Waals surface area contributed by atoms with Crippen molar-refractivity contribution >= 4 is 16.7 Å². The predicted molar refractivity (Wildman–Crippen MR) is 113 cm³/mol. The Morgan fingerprint density at radius 2 is 1.89 bits per heavy atom. The Bertz CT molecular complexity index is 935. The maximum atomic E-state index is 13.2. The number of carbonyl (C=O) groups is 1. The van der Waals surface area contributed by atoms with Gasteiger partial charge in [-0.05, 0) is 43.3 Å². The molecule has 144 valence electrons. The van der Waals surface area contributed by atoms with Crippen molar-refractivity contribution in [1.82, 2.24) is 14.8 Å². The van der Waals surface area contributed by atoms with E-state index in [9.17, 15) is 4.79 Å². The summed E-state index contributed by atoms with van der Waals surface area (Å²) in [7, 11) is 2.18. The molecule has 1 unspecified atom stereocenters. The Morgan fingerprint density at radius 1 is 1.11 bits per heavy atom. The summed E-state index contributed by atoms with van der Waals surface area (Å²) in [4.78, 5) is 22.0. The van der Waals surface area contributed by atoms with Crippen molar-refractivity contribution < 1.29 is 4.79 Å². The van der Waals surface area contributed by atoms with Crippen LogP contribution in [0.1, 0.15) is 28.9 Å². The van der Waals surface area contributed by atoms with Crippen LogP contribution in [0.4, 0.5) is 0 Å². The van der Waals surface area contributed by atoms with Crippen molar-refractivity contribution in [3.05, 3.63) is 78.1 Å². The van der Waals surface area contributed by atoms with Gasteiger partial charge in [0.1, 0.15) is 5.69 Å². The van der Waals surface area contributed by atoms with Gasteiger partial charge in [-0.3, -0.25) is 9.78 Å². The molecule has 0 aliphatic carbocycles. The molecule has 0 radical (unpaired) electrons. The highest BCUT2D eigenvalue weighted by atomic mass is 16.2. The van der Waals surface area contributed by atoms with Crippen molar-refractivity contribution in [2.24, 2.45) is 0 Å². The first-order valence-corrected chi connectivity index (χ1v) is 10.1. The standard InChI is InChI=1S/C24H27N3O/c1-26(17-14-19-8-3-2-4-9-19)21-11-7-16-27(18-21)24(28)23-22-12-6-5-10-20(22)13-15-25-23/h2-6,8-10,12-13,15,21H,7,11,14,16-18H2,1H3. The number of hydrogen-bond acceptors (Lipinski definition) is 3.